The van der Waals surface area contributed by atoms with Gasteiger partial charge in [-0.3, -0.25) is 4.79 Å². The summed E-state index contributed by atoms with van der Waals surface area (Å²) in [6, 6.07) is 6.96. The van der Waals surface area contributed by atoms with Gasteiger partial charge in [0.15, 0.2) is 6.29 Å². The molecule has 0 saturated carbocycles. The number of rotatable bonds is 3. The van der Waals surface area contributed by atoms with Crippen molar-refractivity contribution in [1.29, 1.82) is 0 Å². The molecule has 0 spiro atoms. The first-order chi connectivity index (χ1) is 7.69. The molecular formula is C11H6BrClO2S. The van der Waals surface area contributed by atoms with E-state index in [1.807, 2.05) is 0 Å². The van der Waals surface area contributed by atoms with Crippen LogP contribution < -0.4 is 4.74 Å². The predicted octanol–water partition coefficient (Wildman–Crippen LogP) is 4.77. The monoisotopic (exact) mass is 316 g/mol. The second-order valence-electron chi connectivity index (χ2n) is 2.98. The summed E-state index contributed by atoms with van der Waals surface area (Å²) in [7, 11) is 0. The molecule has 0 atom stereocenters. The van der Waals surface area contributed by atoms with Crippen molar-refractivity contribution in [2.45, 2.75) is 0 Å². The Hall–Kier alpha value is -0.840. The molecule has 16 heavy (non-hydrogen) atoms. The zero-order chi connectivity index (χ0) is 11.5. The Morgan fingerprint density at radius 2 is 2.19 bits per heavy atom. The molecule has 2 nitrogen and oxygen atoms in total. The van der Waals surface area contributed by atoms with Crippen LogP contribution >= 0.6 is 38.9 Å². The molecule has 0 bridgehead atoms. The van der Waals surface area contributed by atoms with Gasteiger partial charge in [0.2, 0.25) is 0 Å². The average molecular weight is 318 g/mol. The SMILES string of the molecule is O=Cc1cc(Oc2ccc(Cl)cc2Br)cs1. The number of thiophene rings is 1. The van der Waals surface area contributed by atoms with E-state index in [4.69, 9.17) is 16.3 Å². The first-order valence-corrected chi connectivity index (χ1v) is 6.41. The van der Waals surface area contributed by atoms with Crippen LogP contribution in [-0.2, 0) is 0 Å². The molecule has 0 unspecified atom stereocenters. The molecule has 2 aromatic rings. The maximum absolute atomic E-state index is 10.5. The third-order valence-electron chi connectivity index (χ3n) is 1.83. The summed E-state index contributed by atoms with van der Waals surface area (Å²) in [5, 5.41) is 2.42. The smallest absolute Gasteiger partial charge is 0.160 e. The Morgan fingerprint density at radius 3 is 2.81 bits per heavy atom. The molecule has 0 aliphatic rings. The molecule has 0 aliphatic heterocycles. The lowest BCUT2D eigenvalue weighted by Crippen LogP contribution is -1.83. The molecule has 0 saturated heterocycles. The van der Waals surface area contributed by atoms with E-state index in [2.05, 4.69) is 15.9 Å². The van der Waals surface area contributed by atoms with Gasteiger partial charge in [-0.15, -0.1) is 11.3 Å². The molecule has 1 heterocycles. The van der Waals surface area contributed by atoms with Crippen LogP contribution in [0, 0.1) is 0 Å². The fourth-order valence-corrected chi connectivity index (χ4v) is 2.51. The van der Waals surface area contributed by atoms with Crippen molar-refractivity contribution >= 4 is 45.2 Å². The van der Waals surface area contributed by atoms with Gasteiger partial charge in [-0.25, -0.2) is 0 Å². The lowest BCUT2D eigenvalue weighted by atomic mass is 10.3. The van der Waals surface area contributed by atoms with E-state index in [0.29, 0.717) is 21.4 Å². The van der Waals surface area contributed by atoms with Crippen molar-refractivity contribution in [1.82, 2.24) is 0 Å². The second kappa shape index (κ2) is 4.99. The Morgan fingerprint density at radius 1 is 1.38 bits per heavy atom. The molecular weight excluding hydrogens is 312 g/mol. The van der Waals surface area contributed by atoms with E-state index in [1.165, 1.54) is 11.3 Å². The lowest BCUT2D eigenvalue weighted by molar-refractivity contribution is 0.112. The lowest BCUT2D eigenvalue weighted by Gasteiger charge is -2.05. The Kier molecular flexibility index (Phi) is 3.63. The van der Waals surface area contributed by atoms with Gasteiger partial charge in [-0.2, -0.15) is 0 Å². The zero-order valence-corrected chi connectivity index (χ0v) is 11.1. The minimum Gasteiger partial charge on any atom is -0.455 e. The topological polar surface area (TPSA) is 26.3 Å². The molecule has 2 rings (SSSR count). The normalized spacial score (nSPS) is 10.1. The maximum Gasteiger partial charge on any atom is 0.160 e. The van der Waals surface area contributed by atoms with E-state index in [0.717, 1.165) is 10.8 Å². The van der Waals surface area contributed by atoms with E-state index in [1.54, 1.807) is 29.6 Å². The van der Waals surface area contributed by atoms with Gasteiger partial charge in [0, 0.05) is 16.5 Å². The number of carbonyl (C=O) groups excluding carboxylic acids is 1. The van der Waals surface area contributed by atoms with E-state index >= 15 is 0 Å². The predicted molar refractivity (Wildman–Crippen MR) is 68.9 cm³/mol. The quantitative estimate of drug-likeness (QED) is 0.762. The first-order valence-electron chi connectivity index (χ1n) is 4.35. The van der Waals surface area contributed by atoms with Crippen molar-refractivity contribution in [3.8, 4) is 11.5 Å². The van der Waals surface area contributed by atoms with Gasteiger partial charge in [0.05, 0.1) is 9.35 Å². The van der Waals surface area contributed by atoms with Gasteiger partial charge >= 0.3 is 0 Å². The second-order valence-corrected chi connectivity index (χ2v) is 5.21. The highest BCUT2D eigenvalue weighted by Gasteiger charge is 2.05. The van der Waals surface area contributed by atoms with Gasteiger partial charge < -0.3 is 4.74 Å². The summed E-state index contributed by atoms with van der Waals surface area (Å²) in [5.74, 6) is 1.31. The Balaban J connectivity index is 2.23. The van der Waals surface area contributed by atoms with Crippen LogP contribution in [-0.4, -0.2) is 6.29 Å². The van der Waals surface area contributed by atoms with E-state index < -0.39 is 0 Å². The number of benzene rings is 1. The summed E-state index contributed by atoms with van der Waals surface area (Å²) in [4.78, 5) is 11.2. The molecule has 82 valence electrons. The van der Waals surface area contributed by atoms with Crippen molar-refractivity contribution in [3.05, 3.63) is 44.0 Å². The molecule has 1 aromatic heterocycles. The minimum absolute atomic E-state index is 0.637. The van der Waals surface area contributed by atoms with E-state index in [9.17, 15) is 4.79 Å². The highest BCUT2D eigenvalue weighted by atomic mass is 79.9. The standard InChI is InChI=1S/C11H6BrClO2S/c12-10-3-7(13)1-2-11(10)15-8-4-9(5-14)16-6-8/h1-6H. The summed E-state index contributed by atoms with van der Waals surface area (Å²) in [6.45, 7) is 0. The highest BCUT2D eigenvalue weighted by Crippen LogP contribution is 2.33. The average Bonchev–Trinajstić information content (AvgIpc) is 2.70. The van der Waals surface area contributed by atoms with Crippen molar-refractivity contribution in [2.75, 3.05) is 0 Å². The summed E-state index contributed by atoms with van der Waals surface area (Å²) in [6.07, 6.45) is 0.800. The van der Waals surface area contributed by atoms with Gasteiger partial charge in [-0.1, -0.05) is 11.6 Å². The Labute approximate surface area is 110 Å². The van der Waals surface area contributed by atoms with Crippen LogP contribution in [0.4, 0.5) is 0 Å². The third kappa shape index (κ3) is 2.64. The first kappa shape index (κ1) is 11.6. The number of ether oxygens (including phenoxy) is 1. The molecule has 0 N–H and O–H groups in total. The molecule has 0 fully saturated rings. The van der Waals surface area contributed by atoms with Crippen LogP contribution in [0.25, 0.3) is 0 Å². The molecule has 0 aliphatic carbocycles. The number of hydrogen-bond acceptors (Lipinski definition) is 3. The van der Waals surface area contributed by atoms with Crippen LogP contribution in [0.3, 0.4) is 0 Å². The summed E-state index contributed by atoms with van der Waals surface area (Å²) >= 11 is 10.5. The van der Waals surface area contributed by atoms with Crippen molar-refractivity contribution in [2.24, 2.45) is 0 Å². The molecule has 0 amide bonds. The molecule has 1 aromatic carbocycles. The van der Waals surface area contributed by atoms with Gasteiger partial charge in [0.1, 0.15) is 11.5 Å². The maximum atomic E-state index is 10.5. The van der Waals surface area contributed by atoms with Gasteiger partial charge in [-0.05, 0) is 34.1 Å². The van der Waals surface area contributed by atoms with Crippen LogP contribution in [0.1, 0.15) is 9.67 Å². The number of hydrogen-bond donors (Lipinski definition) is 0. The largest absolute Gasteiger partial charge is 0.455 e. The highest BCUT2D eigenvalue weighted by molar-refractivity contribution is 9.10. The summed E-state index contributed by atoms with van der Waals surface area (Å²) < 4.78 is 6.37. The van der Waals surface area contributed by atoms with Crippen molar-refractivity contribution < 1.29 is 9.53 Å². The molecule has 0 radical (unpaired) electrons. The van der Waals surface area contributed by atoms with Crippen molar-refractivity contribution in [3.63, 3.8) is 0 Å². The van der Waals surface area contributed by atoms with Crippen LogP contribution in [0.5, 0.6) is 11.5 Å². The summed E-state index contributed by atoms with van der Waals surface area (Å²) in [5.41, 5.74) is 0. The number of aldehydes is 1. The van der Waals surface area contributed by atoms with E-state index in [-0.39, 0.29) is 0 Å². The Bertz CT molecular complexity index is 524. The third-order valence-corrected chi connectivity index (χ3v) is 3.52. The fraction of sp³-hybridized carbons (Fsp3) is 0. The fourth-order valence-electron chi connectivity index (χ4n) is 1.13. The molecule has 5 heteroatoms. The minimum atomic E-state index is 0.637. The van der Waals surface area contributed by atoms with Crippen LogP contribution in [0.15, 0.2) is 34.1 Å². The van der Waals surface area contributed by atoms with Crippen LogP contribution in [0.2, 0.25) is 5.02 Å². The number of halogens is 2. The zero-order valence-electron chi connectivity index (χ0n) is 7.94. The number of carbonyl (C=O) groups is 1. The van der Waals surface area contributed by atoms with Gasteiger partial charge in [0.25, 0.3) is 0 Å².